The van der Waals surface area contributed by atoms with Gasteiger partial charge in [0.25, 0.3) is 0 Å². The van der Waals surface area contributed by atoms with Crippen LogP contribution in [0.2, 0.25) is 5.02 Å². The second kappa shape index (κ2) is 5.58. The van der Waals surface area contributed by atoms with Gasteiger partial charge in [-0.2, -0.15) is 0 Å². The zero-order valence-corrected chi connectivity index (χ0v) is 13.2. The van der Waals surface area contributed by atoms with Crippen LogP contribution in [0.4, 0.5) is 5.69 Å². The van der Waals surface area contributed by atoms with Crippen LogP contribution in [-0.2, 0) is 6.42 Å². The molecule has 1 unspecified atom stereocenters. The third-order valence-electron chi connectivity index (χ3n) is 3.94. The highest BCUT2D eigenvalue weighted by molar-refractivity contribution is 7.10. The van der Waals surface area contributed by atoms with Crippen LogP contribution in [0.5, 0.6) is 0 Å². The van der Waals surface area contributed by atoms with E-state index in [0.717, 1.165) is 18.7 Å². The molecule has 1 aliphatic heterocycles. The van der Waals surface area contributed by atoms with E-state index in [1.807, 2.05) is 12.1 Å². The van der Waals surface area contributed by atoms with E-state index in [0.29, 0.717) is 10.6 Å². The molecule has 1 aromatic carbocycles. The second-order valence-corrected chi connectivity index (χ2v) is 6.45. The molecule has 3 N–H and O–H groups in total. The number of hydrogen-bond acceptors (Lipinski definition) is 4. The third kappa shape index (κ3) is 2.36. The summed E-state index contributed by atoms with van der Waals surface area (Å²) < 4.78 is 0. The van der Waals surface area contributed by atoms with E-state index >= 15 is 0 Å². The van der Waals surface area contributed by atoms with E-state index in [9.17, 15) is 0 Å². The van der Waals surface area contributed by atoms with Gasteiger partial charge in [-0.15, -0.1) is 11.3 Å². The molecule has 3 rings (SSSR count). The van der Waals surface area contributed by atoms with E-state index in [-0.39, 0.29) is 11.9 Å². The van der Waals surface area contributed by atoms with Crippen LogP contribution >= 0.6 is 22.9 Å². The molecule has 110 valence electrons. The standard InChI is InChI=1S/C15H16ClN3OS/c1-9-10-6-8-21-13(10)5-7-19(9)12-4-2-3-11(16)14(12)15(17)18-20/h2-4,6,8-9,20H,5,7H2,1H3,(H2,17,18). The largest absolute Gasteiger partial charge is 0.409 e. The highest BCUT2D eigenvalue weighted by Crippen LogP contribution is 2.38. The molecular weight excluding hydrogens is 306 g/mol. The summed E-state index contributed by atoms with van der Waals surface area (Å²) in [5.74, 6) is 0.0407. The number of fused-ring (bicyclic) bond motifs is 1. The molecule has 1 aromatic heterocycles. The summed E-state index contributed by atoms with van der Waals surface area (Å²) in [6.07, 6.45) is 0.999. The molecule has 1 atom stereocenters. The van der Waals surface area contributed by atoms with Crippen LogP contribution in [-0.4, -0.2) is 17.6 Å². The first-order chi connectivity index (χ1) is 10.1. The van der Waals surface area contributed by atoms with Crippen molar-refractivity contribution in [2.24, 2.45) is 10.9 Å². The molecule has 0 bridgehead atoms. The molecular formula is C15H16ClN3OS. The maximum absolute atomic E-state index is 9.01. The average molecular weight is 322 g/mol. The number of rotatable bonds is 2. The lowest BCUT2D eigenvalue weighted by Crippen LogP contribution is -2.34. The van der Waals surface area contributed by atoms with Gasteiger partial charge >= 0.3 is 0 Å². The fraction of sp³-hybridized carbons (Fsp3) is 0.267. The lowest BCUT2D eigenvalue weighted by Gasteiger charge is -2.36. The highest BCUT2D eigenvalue weighted by Gasteiger charge is 2.27. The van der Waals surface area contributed by atoms with Crippen molar-refractivity contribution in [3.63, 3.8) is 0 Å². The van der Waals surface area contributed by atoms with Crippen LogP contribution in [0.1, 0.15) is 29.0 Å². The van der Waals surface area contributed by atoms with Crippen LogP contribution < -0.4 is 10.6 Å². The van der Waals surface area contributed by atoms with Crippen molar-refractivity contribution >= 4 is 34.5 Å². The highest BCUT2D eigenvalue weighted by atomic mass is 35.5. The van der Waals surface area contributed by atoms with Crippen LogP contribution in [0.15, 0.2) is 34.8 Å². The van der Waals surface area contributed by atoms with E-state index in [1.54, 1.807) is 17.4 Å². The predicted molar refractivity (Wildman–Crippen MR) is 87.7 cm³/mol. The summed E-state index contributed by atoms with van der Waals surface area (Å²) in [6, 6.07) is 8.02. The SMILES string of the molecule is CC1c2ccsc2CCN1c1cccc(Cl)c1C(N)=NO. The van der Waals surface area contributed by atoms with Crippen molar-refractivity contribution in [2.75, 3.05) is 11.4 Å². The summed E-state index contributed by atoms with van der Waals surface area (Å²) in [5, 5.41) is 14.8. The van der Waals surface area contributed by atoms with Gasteiger partial charge in [0, 0.05) is 17.1 Å². The lowest BCUT2D eigenvalue weighted by molar-refractivity contribution is 0.318. The second-order valence-electron chi connectivity index (χ2n) is 5.04. The van der Waals surface area contributed by atoms with Gasteiger partial charge in [0.15, 0.2) is 5.84 Å². The van der Waals surface area contributed by atoms with Crippen LogP contribution in [0, 0.1) is 0 Å². The molecule has 1 aliphatic rings. The Balaban J connectivity index is 2.08. The Morgan fingerprint density at radius 3 is 3.05 bits per heavy atom. The van der Waals surface area contributed by atoms with Gasteiger partial charge in [-0.05, 0) is 42.5 Å². The number of nitrogens with two attached hydrogens (primary N) is 1. The molecule has 0 amide bonds. The normalized spacial score (nSPS) is 18.7. The lowest BCUT2D eigenvalue weighted by atomic mass is 9.99. The number of halogens is 1. The molecule has 4 nitrogen and oxygen atoms in total. The molecule has 0 aliphatic carbocycles. The van der Waals surface area contributed by atoms with Crippen molar-refractivity contribution in [3.05, 3.63) is 50.7 Å². The number of thiophene rings is 1. The summed E-state index contributed by atoms with van der Waals surface area (Å²) in [5.41, 5.74) is 8.65. The summed E-state index contributed by atoms with van der Waals surface area (Å²) in [7, 11) is 0. The zero-order chi connectivity index (χ0) is 15.0. The number of oxime groups is 1. The molecule has 0 fully saturated rings. The zero-order valence-electron chi connectivity index (χ0n) is 11.6. The monoisotopic (exact) mass is 321 g/mol. The maximum Gasteiger partial charge on any atom is 0.173 e. The smallest absolute Gasteiger partial charge is 0.173 e. The number of anilines is 1. The van der Waals surface area contributed by atoms with Gasteiger partial charge in [0.1, 0.15) is 0 Å². The maximum atomic E-state index is 9.01. The summed E-state index contributed by atoms with van der Waals surface area (Å²) in [6.45, 7) is 3.06. The van der Waals surface area contributed by atoms with Gasteiger partial charge in [-0.1, -0.05) is 22.8 Å². The van der Waals surface area contributed by atoms with Crippen molar-refractivity contribution in [2.45, 2.75) is 19.4 Å². The molecule has 21 heavy (non-hydrogen) atoms. The minimum absolute atomic E-state index is 0.0407. The summed E-state index contributed by atoms with van der Waals surface area (Å²) in [4.78, 5) is 3.69. The Morgan fingerprint density at radius 2 is 2.29 bits per heavy atom. The van der Waals surface area contributed by atoms with E-state index in [4.69, 9.17) is 22.5 Å². The van der Waals surface area contributed by atoms with E-state index in [2.05, 4.69) is 28.4 Å². The van der Waals surface area contributed by atoms with Gasteiger partial charge in [-0.25, -0.2) is 0 Å². The Morgan fingerprint density at radius 1 is 1.48 bits per heavy atom. The Kier molecular flexibility index (Phi) is 3.78. The Hall–Kier alpha value is -1.72. The fourth-order valence-electron chi connectivity index (χ4n) is 2.89. The first kappa shape index (κ1) is 14.2. The molecule has 6 heteroatoms. The minimum Gasteiger partial charge on any atom is -0.409 e. The van der Waals surface area contributed by atoms with E-state index in [1.165, 1.54) is 10.4 Å². The number of nitrogens with zero attached hydrogens (tertiary/aromatic N) is 2. The van der Waals surface area contributed by atoms with Gasteiger partial charge in [0.05, 0.1) is 16.6 Å². The predicted octanol–water partition coefficient (Wildman–Crippen LogP) is 3.62. The van der Waals surface area contributed by atoms with Crippen molar-refractivity contribution in [1.29, 1.82) is 0 Å². The fourth-order valence-corrected chi connectivity index (χ4v) is 4.12. The van der Waals surface area contributed by atoms with Crippen molar-refractivity contribution in [1.82, 2.24) is 0 Å². The van der Waals surface area contributed by atoms with Crippen molar-refractivity contribution < 1.29 is 5.21 Å². The average Bonchev–Trinajstić information content (AvgIpc) is 2.96. The molecule has 0 radical (unpaired) electrons. The van der Waals surface area contributed by atoms with Gasteiger partial charge in [0.2, 0.25) is 0 Å². The molecule has 2 heterocycles. The topological polar surface area (TPSA) is 61.8 Å². The molecule has 0 saturated heterocycles. The number of benzene rings is 1. The molecule has 0 spiro atoms. The quantitative estimate of drug-likeness (QED) is 0.384. The first-order valence-electron chi connectivity index (χ1n) is 6.72. The first-order valence-corrected chi connectivity index (χ1v) is 7.98. The molecule has 0 saturated carbocycles. The summed E-state index contributed by atoms with van der Waals surface area (Å²) >= 11 is 8.06. The van der Waals surface area contributed by atoms with Crippen molar-refractivity contribution in [3.8, 4) is 0 Å². The molecule has 2 aromatic rings. The van der Waals surface area contributed by atoms with Crippen LogP contribution in [0.3, 0.4) is 0 Å². The van der Waals surface area contributed by atoms with Gasteiger partial charge < -0.3 is 15.8 Å². The Bertz CT molecular complexity index is 698. The Labute approximate surface area is 132 Å². The third-order valence-corrected chi connectivity index (χ3v) is 5.25. The minimum atomic E-state index is 0.0407. The van der Waals surface area contributed by atoms with Gasteiger partial charge in [-0.3, -0.25) is 0 Å². The number of hydrogen-bond donors (Lipinski definition) is 2. The van der Waals surface area contributed by atoms with E-state index < -0.39 is 0 Å². The number of amidine groups is 1. The van der Waals surface area contributed by atoms with Crippen LogP contribution in [0.25, 0.3) is 0 Å².